The van der Waals surface area contributed by atoms with Gasteiger partial charge in [0, 0.05) is 29.6 Å². The molecule has 5 nitrogen and oxygen atoms in total. The third-order valence-corrected chi connectivity index (χ3v) is 4.98. The van der Waals surface area contributed by atoms with Gasteiger partial charge in [0.1, 0.15) is 11.0 Å². The molecular formula is C19H18ClN3O2. The average Bonchev–Trinajstić information content (AvgIpc) is 3.11. The maximum atomic E-state index is 12.8. The van der Waals surface area contributed by atoms with E-state index in [4.69, 9.17) is 16.2 Å². The highest BCUT2D eigenvalue weighted by molar-refractivity contribution is 6.31. The first-order valence-corrected chi connectivity index (χ1v) is 8.81. The summed E-state index contributed by atoms with van der Waals surface area (Å²) in [6.07, 6.45) is 1.92. The summed E-state index contributed by atoms with van der Waals surface area (Å²) >= 11 is 6.02. The molecule has 0 N–H and O–H groups in total. The highest BCUT2D eigenvalue weighted by Crippen LogP contribution is 2.25. The fourth-order valence-corrected chi connectivity index (χ4v) is 3.71. The van der Waals surface area contributed by atoms with Crippen LogP contribution in [0.1, 0.15) is 28.8 Å². The molecule has 0 bridgehead atoms. The number of aromatic nitrogens is 2. The summed E-state index contributed by atoms with van der Waals surface area (Å²) in [4.78, 5) is 15.1. The minimum absolute atomic E-state index is 0.00172. The molecule has 2 heterocycles. The van der Waals surface area contributed by atoms with Gasteiger partial charge in [-0.15, -0.1) is 0 Å². The van der Waals surface area contributed by atoms with E-state index in [0.29, 0.717) is 10.6 Å². The van der Waals surface area contributed by atoms with E-state index >= 15 is 0 Å². The minimum atomic E-state index is 0.00172. The van der Waals surface area contributed by atoms with Crippen LogP contribution in [0.15, 0.2) is 47.1 Å². The second-order valence-corrected chi connectivity index (χ2v) is 6.93. The van der Waals surface area contributed by atoms with Crippen LogP contribution in [0.3, 0.4) is 0 Å². The lowest BCUT2D eigenvalue weighted by Crippen LogP contribution is -2.38. The van der Waals surface area contributed by atoms with Gasteiger partial charge in [0.05, 0.1) is 0 Å². The van der Waals surface area contributed by atoms with Crippen LogP contribution in [0.5, 0.6) is 0 Å². The molecule has 6 heteroatoms. The van der Waals surface area contributed by atoms with E-state index in [1.807, 2.05) is 30.3 Å². The molecule has 0 aliphatic carbocycles. The normalized spacial score (nSPS) is 18.5. The highest BCUT2D eigenvalue weighted by atomic mass is 35.5. The Hall–Kier alpha value is -2.24. The minimum Gasteiger partial charge on any atom is -0.298 e. The molecule has 1 saturated heterocycles. The smallest absolute Gasteiger partial charge is 0.167 e. The fourth-order valence-electron chi connectivity index (χ4n) is 3.52. The van der Waals surface area contributed by atoms with E-state index in [2.05, 4.69) is 15.2 Å². The Balaban J connectivity index is 1.49. The Morgan fingerprint density at radius 3 is 3.00 bits per heavy atom. The van der Waals surface area contributed by atoms with Crippen molar-refractivity contribution in [3.63, 3.8) is 0 Å². The van der Waals surface area contributed by atoms with Crippen LogP contribution in [0.25, 0.3) is 11.0 Å². The zero-order valence-corrected chi connectivity index (χ0v) is 14.4. The molecular weight excluding hydrogens is 338 g/mol. The van der Waals surface area contributed by atoms with E-state index in [-0.39, 0.29) is 11.7 Å². The van der Waals surface area contributed by atoms with Gasteiger partial charge < -0.3 is 0 Å². The summed E-state index contributed by atoms with van der Waals surface area (Å²) in [5.74, 6) is 0.176. The van der Waals surface area contributed by atoms with Crippen LogP contribution >= 0.6 is 11.6 Å². The monoisotopic (exact) mass is 355 g/mol. The SMILES string of the molecule is O=C(c1cccc(Cl)c1)C1CCCN(Cc2cccc3nonc23)C1. The molecule has 1 aromatic heterocycles. The van der Waals surface area contributed by atoms with Gasteiger partial charge >= 0.3 is 0 Å². The molecule has 1 unspecified atom stereocenters. The number of likely N-dealkylation sites (tertiary alicyclic amines) is 1. The Bertz CT molecular complexity index is 908. The number of ketones is 1. The molecule has 0 spiro atoms. The number of fused-ring (bicyclic) bond motifs is 1. The van der Waals surface area contributed by atoms with E-state index < -0.39 is 0 Å². The third-order valence-electron chi connectivity index (χ3n) is 4.75. The first-order chi connectivity index (χ1) is 12.2. The lowest BCUT2D eigenvalue weighted by Gasteiger charge is -2.32. The lowest BCUT2D eigenvalue weighted by atomic mass is 9.90. The second-order valence-electron chi connectivity index (χ2n) is 6.50. The van der Waals surface area contributed by atoms with Crippen molar-refractivity contribution in [2.45, 2.75) is 19.4 Å². The third kappa shape index (κ3) is 3.43. The molecule has 0 amide bonds. The molecule has 1 atom stereocenters. The van der Waals surface area contributed by atoms with Crippen LogP contribution in [0.2, 0.25) is 5.02 Å². The zero-order valence-electron chi connectivity index (χ0n) is 13.7. The molecule has 128 valence electrons. The topological polar surface area (TPSA) is 59.2 Å². The molecule has 25 heavy (non-hydrogen) atoms. The van der Waals surface area contributed by atoms with Crippen molar-refractivity contribution in [2.75, 3.05) is 13.1 Å². The first-order valence-electron chi connectivity index (χ1n) is 8.43. The molecule has 0 saturated carbocycles. The van der Waals surface area contributed by atoms with Gasteiger partial charge in [-0.2, -0.15) is 0 Å². The average molecular weight is 356 g/mol. The van der Waals surface area contributed by atoms with Crippen molar-refractivity contribution in [1.29, 1.82) is 0 Å². The predicted molar refractivity (Wildman–Crippen MR) is 95.6 cm³/mol. The van der Waals surface area contributed by atoms with Crippen molar-refractivity contribution in [1.82, 2.24) is 15.2 Å². The first kappa shape index (κ1) is 16.2. The number of nitrogens with zero attached hydrogens (tertiary/aromatic N) is 3. The standard InChI is InChI=1S/C19H18ClN3O2/c20-16-7-1-4-13(10-16)19(24)15-6-3-9-23(12-15)11-14-5-2-8-17-18(14)22-25-21-17/h1-2,4-5,7-8,10,15H,3,6,9,11-12H2. The van der Waals surface area contributed by atoms with Crippen molar-refractivity contribution >= 4 is 28.4 Å². The van der Waals surface area contributed by atoms with Gasteiger partial charge in [0.2, 0.25) is 0 Å². The summed E-state index contributed by atoms with van der Waals surface area (Å²) in [7, 11) is 0. The van der Waals surface area contributed by atoms with Crippen molar-refractivity contribution in [3.05, 3.63) is 58.6 Å². The number of hydrogen-bond acceptors (Lipinski definition) is 5. The molecule has 1 aliphatic heterocycles. The number of benzene rings is 2. The Labute approximate surface area is 150 Å². The van der Waals surface area contributed by atoms with Crippen LogP contribution in [-0.2, 0) is 6.54 Å². The summed E-state index contributed by atoms with van der Waals surface area (Å²) < 4.78 is 4.84. The van der Waals surface area contributed by atoms with Gasteiger partial charge in [-0.05, 0) is 53.5 Å². The van der Waals surface area contributed by atoms with Gasteiger partial charge in [0.15, 0.2) is 5.78 Å². The van der Waals surface area contributed by atoms with Crippen LogP contribution in [0, 0.1) is 5.92 Å². The summed E-state index contributed by atoms with van der Waals surface area (Å²) in [5.41, 5.74) is 3.34. The number of carbonyl (C=O) groups is 1. The zero-order chi connectivity index (χ0) is 17.2. The largest absolute Gasteiger partial charge is 0.298 e. The molecule has 0 radical (unpaired) electrons. The van der Waals surface area contributed by atoms with Gasteiger partial charge in [-0.25, -0.2) is 4.63 Å². The van der Waals surface area contributed by atoms with E-state index in [9.17, 15) is 4.79 Å². The Morgan fingerprint density at radius 1 is 1.24 bits per heavy atom. The Morgan fingerprint density at radius 2 is 2.12 bits per heavy atom. The van der Waals surface area contributed by atoms with Crippen molar-refractivity contribution < 1.29 is 9.42 Å². The maximum absolute atomic E-state index is 12.8. The van der Waals surface area contributed by atoms with Crippen molar-refractivity contribution in [3.8, 4) is 0 Å². The number of rotatable bonds is 4. The number of piperidine rings is 1. The number of halogens is 1. The molecule has 1 aliphatic rings. The quantitative estimate of drug-likeness (QED) is 0.663. The van der Waals surface area contributed by atoms with Gasteiger partial charge in [-0.3, -0.25) is 9.69 Å². The summed E-state index contributed by atoms with van der Waals surface area (Å²) in [5, 5.41) is 8.49. The highest BCUT2D eigenvalue weighted by Gasteiger charge is 2.27. The number of Topliss-reactive ketones (excluding diaryl/α,β-unsaturated/α-hetero) is 1. The van der Waals surface area contributed by atoms with Crippen LogP contribution in [0.4, 0.5) is 0 Å². The van der Waals surface area contributed by atoms with E-state index in [1.54, 1.807) is 12.1 Å². The molecule has 3 aromatic rings. The summed E-state index contributed by atoms with van der Waals surface area (Å²) in [6, 6.07) is 13.1. The van der Waals surface area contributed by atoms with Gasteiger partial charge in [-0.1, -0.05) is 35.9 Å². The van der Waals surface area contributed by atoms with E-state index in [0.717, 1.165) is 49.1 Å². The summed E-state index contributed by atoms with van der Waals surface area (Å²) in [6.45, 7) is 2.46. The molecule has 4 rings (SSSR count). The van der Waals surface area contributed by atoms with Gasteiger partial charge in [0.25, 0.3) is 0 Å². The predicted octanol–water partition coefficient (Wildman–Crippen LogP) is 3.97. The lowest BCUT2D eigenvalue weighted by molar-refractivity contribution is 0.0812. The maximum Gasteiger partial charge on any atom is 0.167 e. The van der Waals surface area contributed by atoms with Crippen LogP contribution in [-0.4, -0.2) is 34.1 Å². The van der Waals surface area contributed by atoms with Crippen LogP contribution < -0.4 is 0 Å². The van der Waals surface area contributed by atoms with Crippen molar-refractivity contribution in [2.24, 2.45) is 5.92 Å². The number of carbonyl (C=O) groups excluding carboxylic acids is 1. The van der Waals surface area contributed by atoms with E-state index in [1.165, 1.54) is 0 Å². The fraction of sp³-hybridized carbons (Fsp3) is 0.316. The molecule has 1 fully saturated rings. The second kappa shape index (κ2) is 6.94. The number of hydrogen-bond donors (Lipinski definition) is 0. The Kier molecular flexibility index (Phi) is 4.51. The molecule has 2 aromatic carbocycles.